The molecule has 1 fully saturated rings. The highest BCUT2D eigenvalue weighted by Crippen LogP contribution is 2.39. The van der Waals surface area contributed by atoms with Gasteiger partial charge in [-0.1, -0.05) is 37.6 Å². The van der Waals surface area contributed by atoms with E-state index in [0.29, 0.717) is 23.6 Å². The lowest BCUT2D eigenvalue weighted by Crippen LogP contribution is -2.25. The molecule has 0 spiro atoms. The van der Waals surface area contributed by atoms with Gasteiger partial charge in [0.05, 0.1) is 0 Å². The van der Waals surface area contributed by atoms with Crippen LogP contribution < -0.4 is 4.74 Å². The van der Waals surface area contributed by atoms with Crippen molar-refractivity contribution in [2.24, 2.45) is 5.92 Å². The highest BCUT2D eigenvalue weighted by molar-refractivity contribution is 5.64. The number of halogens is 6. The van der Waals surface area contributed by atoms with Crippen molar-refractivity contribution in [2.45, 2.75) is 58.0 Å². The summed E-state index contributed by atoms with van der Waals surface area (Å²) in [5.74, 6) is -4.97. The largest absolute Gasteiger partial charge is 0.432 e. The SMILES string of the molecule is CCC1CCC(c2ccc(-c3cc(F)c(C(F)(F)Oc4cc(F)c(C)c(F)c4)c(F)c3)cc2)CC1. The van der Waals surface area contributed by atoms with Crippen molar-refractivity contribution in [1.82, 2.24) is 0 Å². The molecule has 0 saturated heterocycles. The summed E-state index contributed by atoms with van der Waals surface area (Å²) in [6, 6.07) is 9.94. The van der Waals surface area contributed by atoms with Crippen LogP contribution in [-0.4, -0.2) is 0 Å². The highest BCUT2D eigenvalue weighted by atomic mass is 19.3. The van der Waals surface area contributed by atoms with E-state index >= 15 is 0 Å². The predicted molar refractivity (Wildman–Crippen MR) is 122 cm³/mol. The van der Waals surface area contributed by atoms with E-state index in [9.17, 15) is 26.3 Å². The molecular formula is C28H26F6O. The molecule has 1 saturated carbocycles. The van der Waals surface area contributed by atoms with Crippen LogP contribution >= 0.6 is 0 Å². The fraction of sp³-hybridized carbons (Fsp3) is 0.357. The zero-order valence-corrected chi connectivity index (χ0v) is 19.5. The number of alkyl halides is 2. The maximum atomic E-state index is 14.7. The third-order valence-corrected chi connectivity index (χ3v) is 6.97. The Morgan fingerprint density at radius 3 is 1.83 bits per heavy atom. The minimum atomic E-state index is -4.50. The van der Waals surface area contributed by atoms with Gasteiger partial charge in [0.15, 0.2) is 0 Å². The Kier molecular flexibility index (Phi) is 7.15. The first-order chi connectivity index (χ1) is 16.6. The average Bonchev–Trinajstić information content (AvgIpc) is 2.81. The van der Waals surface area contributed by atoms with Crippen molar-refractivity contribution in [3.8, 4) is 16.9 Å². The molecule has 0 N–H and O–H groups in total. The topological polar surface area (TPSA) is 9.23 Å². The van der Waals surface area contributed by atoms with E-state index in [1.807, 2.05) is 12.1 Å². The molecule has 1 nitrogen and oxygen atoms in total. The van der Waals surface area contributed by atoms with Crippen molar-refractivity contribution in [1.29, 1.82) is 0 Å². The number of hydrogen-bond donors (Lipinski definition) is 0. The molecule has 1 aliphatic rings. The molecule has 7 heteroatoms. The summed E-state index contributed by atoms with van der Waals surface area (Å²) in [5.41, 5.74) is -0.298. The number of rotatable bonds is 6. The maximum absolute atomic E-state index is 14.7. The molecule has 0 aromatic heterocycles. The maximum Gasteiger partial charge on any atom is 0.432 e. The summed E-state index contributed by atoms with van der Waals surface area (Å²) in [6.45, 7) is 3.32. The lowest BCUT2D eigenvalue weighted by atomic mass is 9.77. The molecule has 186 valence electrons. The van der Waals surface area contributed by atoms with Crippen LogP contribution in [0.4, 0.5) is 26.3 Å². The van der Waals surface area contributed by atoms with Crippen LogP contribution in [0.5, 0.6) is 5.75 Å². The Bertz CT molecular complexity index is 1150. The molecule has 3 aromatic carbocycles. The minimum absolute atomic E-state index is 0.0909. The first kappa shape index (κ1) is 25.1. The lowest BCUT2D eigenvalue weighted by Gasteiger charge is -2.28. The van der Waals surface area contributed by atoms with Gasteiger partial charge in [0.2, 0.25) is 0 Å². The van der Waals surface area contributed by atoms with Gasteiger partial charge in [0.1, 0.15) is 34.6 Å². The van der Waals surface area contributed by atoms with E-state index in [1.54, 1.807) is 12.1 Å². The lowest BCUT2D eigenvalue weighted by molar-refractivity contribution is -0.189. The smallest absolute Gasteiger partial charge is 0.429 e. The summed E-state index contributed by atoms with van der Waals surface area (Å²) < 4.78 is 90.4. The zero-order valence-electron chi connectivity index (χ0n) is 19.5. The van der Waals surface area contributed by atoms with E-state index in [4.69, 9.17) is 0 Å². The van der Waals surface area contributed by atoms with Crippen LogP contribution in [-0.2, 0) is 6.11 Å². The summed E-state index contributed by atoms with van der Waals surface area (Å²) in [6.07, 6.45) is 1.24. The standard InChI is InChI=1S/C28H26F6O/c1-3-17-4-6-18(7-5-17)19-8-10-20(11-9-19)21-12-25(31)27(26(32)13-21)28(33,34)35-22-14-23(29)16(2)24(30)15-22/h8-15,17-18H,3-7H2,1-2H3. The van der Waals surface area contributed by atoms with Gasteiger partial charge in [0, 0.05) is 17.7 Å². The number of hydrogen-bond acceptors (Lipinski definition) is 1. The van der Waals surface area contributed by atoms with Gasteiger partial charge in [-0.3, -0.25) is 0 Å². The van der Waals surface area contributed by atoms with Gasteiger partial charge in [-0.2, -0.15) is 8.78 Å². The Morgan fingerprint density at radius 1 is 0.771 bits per heavy atom. The molecule has 0 heterocycles. The van der Waals surface area contributed by atoms with Crippen molar-refractivity contribution in [2.75, 3.05) is 0 Å². The Labute approximate surface area is 200 Å². The predicted octanol–water partition coefficient (Wildman–Crippen LogP) is 9.03. The average molecular weight is 493 g/mol. The van der Waals surface area contributed by atoms with Gasteiger partial charge in [-0.05, 0) is 73.3 Å². The molecule has 0 unspecified atom stereocenters. The van der Waals surface area contributed by atoms with E-state index in [0.717, 1.165) is 43.4 Å². The zero-order chi connectivity index (χ0) is 25.3. The fourth-order valence-corrected chi connectivity index (χ4v) is 4.75. The summed E-state index contributed by atoms with van der Waals surface area (Å²) >= 11 is 0. The van der Waals surface area contributed by atoms with Gasteiger partial charge >= 0.3 is 6.11 Å². The number of ether oxygens (including phenoxy) is 1. The van der Waals surface area contributed by atoms with Crippen molar-refractivity contribution in [3.63, 3.8) is 0 Å². The molecule has 1 aliphatic carbocycles. The van der Waals surface area contributed by atoms with Gasteiger partial charge in [-0.15, -0.1) is 0 Å². The number of benzene rings is 3. The molecular weight excluding hydrogens is 466 g/mol. The summed E-state index contributed by atoms with van der Waals surface area (Å²) in [4.78, 5) is 0. The van der Waals surface area contributed by atoms with Crippen LogP contribution in [0, 0.1) is 36.1 Å². The Balaban J connectivity index is 1.55. The van der Waals surface area contributed by atoms with Gasteiger partial charge in [-0.25, -0.2) is 17.6 Å². The van der Waals surface area contributed by atoms with E-state index in [2.05, 4.69) is 11.7 Å². The fourth-order valence-electron chi connectivity index (χ4n) is 4.75. The second kappa shape index (κ2) is 9.96. The second-order valence-electron chi connectivity index (χ2n) is 9.19. The van der Waals surface area contributed by atoms with Crippen LogP contribution in [0.1, 0.15) is 61.6 Å². The second-order valence-corrected chi connectivity index (χ2v) is 9.19. The van der Waals surface area contributed by atoms with Crippen molar-refractivity contribution >= 4 is 0 Å². The van der Waals surface area contributed by atoms with E-state index in [-0.39, 0.29) is 11.1 Å². The molecule has 0 atom stereocenters. The minimum Gasteiger partial charge on any atom is -0.429 e. The monoisotopic (exact) mass is 492 g/mol. The molecule has 35 heavy (non-hydrogen) atoms. The normalized spacial score (nSPS) is 18.5. The first-order valence-corrected chi connectivity index (χ1v) is 11.7. The first-order valence-electron chi connectivity index (χ1n) is 11.7. The van der Waals surface area contributed by atoms with E-state index in [1.165, 1.54) is 19.3 Å². The Hall–Kier alpha value is -2.96. The van der Waals surface area contributed by atoms with Gasteiger partial charge < -0.3 is 4.74 Å². The molecule has 3 aromatic rings. The molecule has 0 bridgehead atoms. The van der Waals surface area contributed by atoms with Crippen molar-refractivity contribution < 1.29 is 31.1 Å². The summed E-state index contributed by atoms with van der Waals surface area (Å²) in [5, 5.41) is 0. The van der Waals surface area contributed by atoms with Crippen LogP contribution in [0.25, 0.3) is 11.1 Å². The van der Waals surface area contributed by atoms with E-state index < -0.39 is 40.7 Å². The molecule has 0 aliphatic heterocycles. The quantitative estimate of drug-likeness (QED) is 0.312. The molecule has 0 amide bonds. The van der Waals surface area contributed by atoms with Crippen LogP contribution in [0.2, 0.25) is 0 Å². The van der Waals surface area contributed by atoms with Crippen molar-refractivity contribution in [3.05, 3.63) is 88.5 Å². The third-order valence-electron chi connectivity index (χ3n) is 6.97. The van der Waals surface area contributed by atoms with Gasteiger partial charge in [0.25, 0.3) is 0 Å². The van der Waals surface area contributed by atoms with Crippen LogP contribution in [0.3, 0.4) is 0 Å². The molecule has 0 radical (unpaired) electrons. The third kappa shape index (κ3) is 5.34. The Morgan fingerprint density at radius 2 is 1.31 bits per heavy atom. The van der Waals surface area contributed by atoms with Crippen LogP contribution in [0.15, 0.2) is 48.5 Å². The summed E-state index contributed by atoms with van der Waals surface area (Å²) in [7, 11) is 0. The molecule has 4 rings (SSSR count). The highest BCUT2D eigenvalue weighted by Gasteiger charge is 2.41.